The highest BCUT2D eigenvalue weighted by molar-refractivity contribution is 5.62. The molecule has 0 aliphatic carbocycles. The van der Waals surface area contributed by atoms with Crippen molar-refractivity contribution < 1.29 is 14.3 Å². The van der Waals surface area contributed by atoms with Crippen LogP contribution in [0.1, 0.15) is 17.2 Å². The van der Waals surface area contributed by atoms with Gasteiger partial charge in [-0.25, -0.2) is 4.79 Å². The van der Waals surface area contributed by atoms with Gasteiger partial charge in [-0.3, -0.25) is 0 Å². The van der Waals surface area contributed by atoms with Crippen molar-refractivity contribution in [2.75, 3.05) is 6.61 Å². The Morgan fingerprint density at radius 1 is 1.36 bits per heavy atom. The van der Waals surface area contributed by atoms with Crippen molar-refractivity contribution >= 4 is 12.2 Å². The van der Waals surface area contributed by atoms with Crippen LogP contribution >= 0.6 is 0 Å². The van der Waals surface area contributed by atoms with Gasteiger partial charge < -0.3 is 9.47 Å². The summed E-state index contributed by atoms with van der Waals surface area (Å²) in [6.45, 7) is 3.96. The molecule has 0 aromatic heterocycles. The summed E-state index contributed by atoms with van der Waals surface area (Å²) in [6, 6.07) is 7.66. The van der Waals surface area contributed by atoms with E-state index in [-0.39, 0.29) is 6.10 Å². The first-order valence-electron chi connectivity index (χ1n) is 4.35. The van der Waals surface area contributed by atoms with Crippen molar-refractivity contribution in [3.8, 4) is 0 Å². The van der Waals surface area contributed by atoms with E-state index in [0.29, 0.717) is 6.61 Å². The third-order valence-corrected chi connectivity index (χ3v) is 2.13. The van der Waals surface area contributed by atoms with Crippen LogP contribution in [-0.4, -0.2) is 12.8 Å². The van der Waals surface area contributed by atoms with E-state index in [1.807, 2.05) is 24.3 Å². The Labute approximate surface area is 81.9 Å². The smallest absolute Gasteiger partial charge is 0.430 e. The SMILES string of the molecule is C=Cc1ccc(C2COC(=O)O2)cc1. The summed E-state index contributed by atoms with van der Waals surface area (Å²) in [7, 11) is 0. The highest BCUT2D eigenvalue weighted by atomic mass is 16.8. The van der Waals surface area contributed by atoms with Crippen molar-refractivity contribution in [3.63, 3.8) is 0 Å². The predicted octanol–water partition coefficient (Wildman–Crippen LogP) is 2.54. The molecular weight excluding hydrogens is 180 g/mol. The molecule has 0 spiro atoms. The van der Waals surface area contributed by atoms with E-state index in [4.69, 9.17) is 9.47 Å². The van der Waals surface area contributed by atoms with Gasteiger partial charge in [0.05, 0.1) is 0 Å². The Morgan fingerprint density at radius 3 is 2.57 bits per heavy atom. The average Bonchev–Trinajstić information content (AvgIpc) is 2.65. The molecule has 3 heteroatoms. The van der Waals surface area contributed by atoms with Crippen LogP contribution in [0.4, 0.5) is 4.79 Å². The Hall–Kier alpha value is -1.77. The summed E-state index contributed by atoms with van der Waals surface area (Å²) in [5.41, 5.74) is 1.99. The first-order valence-corrected chi connectivity index (χ1v) is 4.35. The Bertz CT molecular complexity index is 353. The van der Waals surface area contributed by atoms with Crippen molar-refractivity contribution in [2.24, 2.45) is 0 Å². The van der Waals surface area contributed by atoms with Gasteiger partial charge in [0.25, 0.3) is 0 Å². The minimum absolute atomic E-state index is 0.263. The topological polar surface area (TPSA) is 35.5 Å². The molecule has 0 radical (unpaired) electrons. The van der Waals surface area contributed by atoms with Crippen molar-refractivity contribution in [1.82, 2.24) is 0 Å². The minimum Gasteiger partial charge on any atom is -0.430 e. The zero-order chi connectivity index (χ0) is 9.97. The van der Waals surface area contributed by atoms with Gasteiger partial charge in [-0.1, -0.05) is 36.9 Å². The summed E-state index contributed by atoms with van der Waals surface area (Å²) in [5.74, 6) is 0. The van der Waals surface area contributed by atoms with Crippen LogP contribution in [-0.2, 0) is 9.47 Å². The maximum Gasteiger partial charge on any atom is 0.509 e. The molecule has 1 fully saturated rings. The normalized spacial score (nSPS) is 20.0. The molecule has 1 heterocycles. The molecule has 14 heavy (non-hydrogen) atoms. The summed E-state index contributed by atoms with van der Waals surface area (Å²) in [4.78, 5) is 10.7. The number of ether oxygens (including phenoxy) is 2. The number of carbonyl (C=O) groups is 1. The van der Waals surface area contributed by atoms with Gasteiger partial charge >= 0.3 is 6.16 Å². The van der Waals surface area contributed by atoms with E-state index in [1.54, 1.807) is 6.08 Å². The zero-order valence-corrected chi connectivity index (χ0v) is 7.60. The van der Waals surface area contributed by atoms with E-state index >= 15 is 0 Å². The first kappa shape index (κ1) is 8.81. The van der Waals surface area contributed by atoms with Crippen LogP contribution in [0, 0.1) is 0 Å². The molecule has 1 aromatic rings. The summed E-state index contributed by atoms with van der Waals surface area (Å²) in [5, 5.41) is 0. The molecule has 1 aromatic carbocycles. The Morgan fingerprint density at radius 2 is 2.07 bits per heavy atom. The summed E-state index contributed by atoms with van der Waals surface area (Å²) < 4.78 is 9.63. The lowest BCUT2D eigenvalue weighted by Crippen LogP contribution is -1.99. The van der Waals surface area contributed by atoms with Gasteiger partial charge in [0, 0.05) is 0 Å². The standard InChI is InChI=1S/C11H10O3/c1-2-8-3-5-9(6-4-8)10-7-13-11(12)14-10/h2-6,10H,1,7H2. The molecular formula is C11H10O3. The third kappa shape index (κ3) is 1.62. The van der Waals surface area contributed by atoms with E-state index in [1.165, 1.54) is 0 Å². The molecule has 1 aliphatic heterocycles. The van der Waals surface area contributed by atoms with E-state index in [2.05, 4.69) is 6.58 Å². The molecule has 0 N–H and O–H groups in total. The van der Waals surface area contributed by atoms with E-state index in [9.17, 15) is 4.79 Å². The summed E-state index contributed by atoms with van der Waals surface area (Å²) in [6.07, 6.45) is 0.908. The van der Waals surface area contributed by atoms with Gasteiger partial charge in [-0.05, 0) is 11.1 Å². The molecule has 0 amide bonds. The molecule has 72 valence electrons. The highest BCUT2D eigenvalue weighted by Gasteiger charge is 2.26. The first-order chi connectivity index (χ1) is 6.79. The second kappa shape index (κ2) is 3.54. The van der Waals surface area contributed by atoms with E-state index in [0.717, 1.165) is 11.1 Å². The maximum atomic E-state index is 10.7. The number of rotatable bonds is 2. The molecule has 0 saturated carbocycles. The second-order valence-electron chi connectivity index (χ2n) is 3.04. The molecule has 1 aliphatic rings. The van der Waals surface area contributed by atoms with Gasteiger partial charge in [0.15, 0.2) is 6.10 Å². The highest BCUT2D eigenvalue weighted by Crippen LogP contribution is 2.23. The van der Waals surface area contributed by atoms with Crippen molar-refractivity contribution in [3.05, 3.63) is 42.0 Å². The molecule has 3 nitrogen and oxygen atoms in total. The monoisotopic (exact) mass is 190 g/mol. The fourth-order valence-corrected chi connectivity index (χ4v) is 1.34. The second-order valence-corrected chi connectivity index (χ2v) is 3.04. The quantitative estimate of drug-likeness (QED) is 0.672. The lowest BCUT2D eigenvalue weighted by molar-refractivity contribution is 0.118. The van der Waals surface area contributed by atoms with Gasteiger partial charge in [0.2, 0.25) is 0 Å². The zero-order valence-electron chi connectivity index (χ0n) is 7.60. The third-order valence-electron chi connectivity index (χ3n) is 2.13. The largest absolute Gasteiger partial charge is 0.509 e. The van der Waals surface area contributed by atoms with Crippen LogP contribution in [0.2, 0.25) is 0 Å². The lowest BCUT2D eigenvalue weighted by Gasteiger charge is -2.06. The fraction of sp³-hybridized carbons (Fsp3) is 0.182. The number of cyclic esters (lactones) is 2. The molecule has 1 unspecified atom stereocenters. The molecule has 2 rings (SSSR count). The van der Waals surface area contributed by atoms with Gasteiger partial charge in [-0.15, -0.1) is 0 Å². The molecule has 1 saturated heterocycles. The van der Waals surface area contributed by atoms with Crippen LogP contribution in [0.15, 0.2) is 30.8 Å². The van der Waals surface area contributed by atoms with E-state index < -0.39 is 6.16 Å². The van der Waals surface area contributed by atoms with Crippen molar-refractivity contribution in [1.29, 1.82) is 0 Å². The number of carbonyl (C=O) groups excluding carboxylic acids is 1. The lowest BCUT2D eigenvalue weighted by atomic mass is 10.1. The summed E-state index contributed by atoms with van der Waals surface area (Å²) >= 11 is 0. The maximum absolute atomic E-state index is 10.7. The van der Waals surface area contributed by atoms with Crippen LogP contribution in [0.3, 0.4) is 0 Å². The number of hydrogen-bond donors (Lipinski definition) is 0. The minimum atomic E-state index is -0.595. The van der Waals surface area contributed by atoms with Crippen LogP contribution < -0.4 is 0 Å². The molecule has 0 bridgehead atoms. The van der Waals surface area contributed by atoms with Crippen molar-refractivity contribution in [2.45, 2.75) is 6.10 Å². The van der Waals surface area contributed by atoms with Gasteiger partial charge in [0.1, 0.15) is 6.61 Å². The number of hydrogen-bond acceptors (Lipinski definition) is 3. The van der Waals surface area contributed by atoms with Gasteiger partial charge in [-0.2, -0.15) is 0 Å². The molecule has 1 atom stereocenters. The average molecular weight is 190 g/mol. The predicted molar refractivity (Wildman–Crippen MR) is 51.7 cm³/mol. The van der Waals surface area contributed by atoms with Crippen LogP contribution in [0.5, 0.6) is 0 Å². The Kier molecular flexibility index (Phi) is 2.23. The number of benzene rings is 1. The Balaban J connectivity index is 2.16. The van der Waals surface area contributed by atoms with Crippen LogP contribution in [0.25, 0.3) is 6.08 Å². The fourth-order valence-electron chi connectivity index (χ4n) is 1.34.